The molecule has 0 saturated heterocycles. The largest absolute Gasteiger partial charge is 0.290 e. The minimum absolute atomic E-state index is 0.102. The van der Waals surface area contributed by atoms with Gasteiger partial charge in [-0.1, -0.05) is 20.8 Å². The molecular formula is C17H23FN2O. The molecule has 0 saturated carbocycles. The minimum Gasteiger partial charge on any atom is -0.290 e. The van der Waals surface area contributed by atoms with Gasteiger partial charge in [0.1, 0.15) is 11.6 Å². The van der Waals surface area contributed by atoms with Gasteiger partial charge in [0.15, 0.2) is 0 Å². The van der Waals surface area contributed by atoms with Gasteiger partial charge in [-0.15, -0.1) is 0 Å². The van der Waals surface area contributed by atoms with Gasteiger partial charge in [-0.3, -0.25) is 9.36 Å². The number of hydrogen-bond acceptors (Lipinski definition) is 2. The minimum atomic E-state index is -0.387. The Bertz CT molecular complexity index is 761. The molecule has 2 aromatic rings. The van der Waals surface area contributed by atoms with Crippen molar-refractivity contribution in [2.24, 2.45) is 0 Å². The summed E-state index contributed by atoms with van der Waals surface area (Å²) in [6.45, 7) is 13.7. The van der Waals surface area contributed by atoms with Gasteiger partial charge in [0.2, 0.25) is 0 Å². The van der Waals surface area contributed by atoms with Crippen LogP contribution < -0.4 is 5.56 Å². The number of hydrogen-bond donors (Lipinski definition) is 0. The smallest absolute Gasteiger partial charge is 0.262 e. The van der Waals surface area contributed by atoms with E-state index < -0.39 is 0 Å². The predicted molar refractivity (Wildman–Crippen MR) is 84.4 cm³/mol. The number of nitrogens with zero attached hydrogens (tertiary/aromatic N) is 2. The number of halogens is 1. The van der Waals surface area contributed by atoms with Crippen LogP contribution in [0.4, 0.5) is 4.39 Å². The lowest BCUT2D eigenvalue weighted by Crippen LogP contribution is -2.41. The lowest BCUT2D eigenvalue weighted by molar-refractivity contribution is 0.338. The number of benzene rings is 1. The van der Waals surface area contributed by atoms with Crippen molar-refractivity contribution in [1.29, 1.82) is 0 Å². The molecule has 0 aliphatic heterocycles. The molecule has 0 aliphatic carbocycles. The van der Waals surface area contributed by atoms with Crippen LogP contribution in [0.1, 0.15) is 52.9 Å². The van der Waals surface area contributed by atoms with Crippen molar-refractivity contribution >= 4 is 10.9 Å². The summed E-state index contributed by atoms with van der Waals surface area (Å²) < 4.78 is 15.4. The third-order valence-corrected chi connectivity index (χ3v) is 3.48. The van der Waals surface area contributed by atoms with Crippen LogP contribution in [-0.4, -0.2) is 9.55 Å². The maximum absolute atomic E-state index is 13.6. The Morgan fingerprint density at radius 2 is 1.67 bits per heavy atom. The SMILES string of the molecule is Cc1cc(F)cc2nc(C(C)(C)C)n(C(C)(C)C)c(=O)c12. The molecule has 21 heavy (non-hydrogen) atoms. The van der Waals surface area contributed by atoms with Crippen molar-refractivity contribution in [2.45, 2.75) is 59.4 Å². The average molecular weight is 290 g/mol. The summed E-state index contributed by atoms with van der Waals surface area (Å²) >= 11 is 0. The number of aryl methyl sites for hydroxylation is 1. The lowest BCUT2D eigenvalue weighted by Gasteiger charge is -2.31. The summed E-state index contributed by atoms with van der Waals surface area (Å²) in [5.41, 5.74) is 0.265. The average Bonchev–Trinajstić information content (AvgIpc) is 2.23. The van der Waals surface area contributed by atoms with Crippen LogP contribution >= 0.6 is 0 Å². The topological polar surface area (TPSA) is 34.9 Å². The Labute approximate surface area is 124 Å². The van der Waals surface area contributed by atoms with Gasteiger partial charge in [0.05, 0.1) is 10.9 Å². The fraction of sp³-hybridized carbons (Fsp3) is 0.529. The van der Waals surface area contributed by atoms with E-state index in [0.29, 0.717) is 22.3 Å². The third-order valence-electron chi connectivity index (χ3n) is 3.48. The summed E-state index contributed by atoms with van der Waals surface area (Å²) in [7, 11) is 0. The van der Waals surface area contributed by atoms with Crippen LogP contribution in [0.5, 0.6) is 0 Å². The Hall–Kier alpha value is -1.71. The molecule has 114 valence electrons. The van der Waals surface area contributed by atoms with E-state index in [4.69, 9.17) is 0 Å². The predicted octanol–water partition coefficient (Wildman–Crippen LogP) is 3.90. The van der Waals surface area contributed by atoms with Gasteiger partial charge in [-0.25, -0.2) is 9.37 Å². The highest BCUT2D eigenvalue weighted by atomic mass is 19.1. The molecular weight excluding hydrogens is 267 g/mol. The Morgan fingerprint density at radius 3 is 2.14 bits per heavy atom. The first kappa shape index (κ1) is 15.7. The van der Waals surface area contributed by atoms with Gasteiger partial charge in [0.25, 0.3) is 5.56 Å². The summed E-state index contributed by atoms with van der Waals surface area (Å²) in [6.07, 6.45) is 0. The van der Waals surface area contributed by atoms with E-state index in [2.05, 4.69) is 4.98 Å². The highest BCUT2D eigenvalue weighted by molar-refractivity contribution is 5.81. The first-order chi connectivity index (χ1) is 9.43. The third kappa shape index (κ3) is 2.71. The Kier molecular flexibility index (Phi) is 3.47. The normalized spacial score (nSPS) is 13.0. The quantitative estimate of drug-likeness (QED) is 0.737. The van der Waals surface area contributed by atoms with Gasteiger partial charge in [-0.2, -0.15) is 0 Å². The molecule has 0 N–H and O–H groups in total. The molecule has 0 amide bonds. The van der Waals surface area contributed by atoms with Crippen molar-refractivity contribution in [3.8, 4) is 0 Å². The summed E-state index contributed by atoms with van der Waals surface area (Å²) in [5.74, 6) is 0.317. The summed E-state index contributed by atoms with van der Waals surface area (Å²) in [6, 6.07) is 2.72. The lowest BCUT2D eigenvalue weighted by atomic mass is 9.92. The highest BCUT2D eigenvalue weighted by Crippen LogP contribution is 2.27. The number of rotatable bonds is 0. The molecule has 0 radical (unpaired) electrons. The molecule has 2 rings (SSSR count). The molecule has 0 fully saturated rings. The highest BCUT2D eigenvalue weighted by Gasteiger charge is 2.28. The van der Waals surface area contributed by atoms with Crippen LogP contribution in [0, 0.1) is 12.7 Å². The molecule has 1 heterocycles. The Morgan fingerprint density at radius 1 is 1.10 bits per heavy atom. The van der Waals surface area contributed by atoms with Crippen LogP contribution in [0.25, 0.3) is 10.9 Å². The maximum Gasteiger partial charge on any atom is 0.262 e. The first-order valence-electron chi connectivity index (χ1n) is 7.17. The molecule has 0 atom stereocenters. The van der Waals surface area contributed by atoms with Gasteiger partial charge < -0.3 is 0 Å². The first-order valence-corrected chi connectivity index (χ1v) is 7.17. The van der Waals surface area contributed by atoms with Gasteiger partial charge in [-0.05, 0) is 39.3 Å². The van der Waals surface area contributed by atoms with E-state index in [9.17, 15) is 9.18 Å². The van der Waals surface area contributed by atoms with Crippen molar-refractivity contribution in [1.82, 2.24) is 9.55 Å². The van der Waals surface area contributed by atoms with E-state index in [1.165, 1.54) is 12.1 Å². The van der Waals surface area contributed by atoms with E-state index >= 15 is 0 Å². The van der Waals surface area contributed by atoms with Crippen molar-refractivity contribution in [2.75, 3.05) is 0 Å². The fourth-order valence-corrected chi connectivity index (χ4v) is 2.59. The zero-order valence-corrected chi connectivity index (χ0v) is 13.8. The number of fused-ring (bicyclic) bond motifs is 1. The van der Waals surface area contributed by atoms with Crippen LogP contribution in [-0.2, 0) is 11.0 Å². The molecule has 1 aromatic heterocycles. The summed E-state index contributed by atoms with van der Waals surface area (Å²) in [4.78, 5) is 17.6. The van der Waals surface area contributed by atoms with Crippen LogP contribution in [0.3, 0.4) is 0 Å². The molecule has 4 heteroatoms. The standard InChI is InChI=1S/C17H23FN2O/c1-10-8-11(18)9-12-13(10)14(21)20(17(5,6)7)15(19-12)16(2,3)4/h8-9H,1-7H3. The van der Waals surface area contributed by atoms with Crippen molar-refractivity contribution in [3.05, 3.63) is 39.7 Å². The second kappa shape index (κ2) is 4.65. The second-order valence-corrected chi connectivity index (χ2v) is 7.61. The monoisotopic (exact) mass is 290 g/mol. The van der Waals surface area contributed by atoms with Crippen molar-refractivity contribution < 1.29 is 4.39 Å². The van der Waals surface area contributed by atoms with E-state index in [0.717, 1.165) is 0 Å². The zero-order chi connectivity index (χ0) is 16.2. The Balaban J connectivity index is 3.07. The van der Waals surface area contributed by atoms with E-state index in [-0.39, 0.29) is 22.3 Å². The molecule has 0 aliphatic rings. The zero-order valence-electron chi connectivity index (χ0n) is 13.8. The fourth-order valence-electron chi connectivity index (χ4n) is 2.59. The molecule has 3 nitrogen and oxygen atoms in total. The van der Waals surface area contributed by atoms with E-state index in [1.54, 1.807) is 11.5 Å². The van der Waals surface area contributed by atoms with Gasteiger partial charge >= 0.3 is 0 Å². The van der Waals surface area contributed by atoms with Crippen LogP contribution in [0.2, 0.25) is 0 Å². The maximum atomic E-state index is 13.6. The molecule has 0 unspecified atom stereocenters. The second-order valence-electron chi connectivity index (χ2n) is 7.61. The van der Waals surface area contributed by atoms with Gasteiger partial charge in [0, 0.05) is 17.0 Å². The van der Waals surface area contributed by atoms with Crippen molar-refractivity contribution in [3.63, 3.8) is 0 Å². The molecule has 0 bridgehead atoms. The number of aromatic nitrogens is 2. The summed E-state index contributed by atoms with van der Waals surface area (Å²) in [5, 5.41) is 0.499. The van der Waals surface area contributed by atoms with E-state index in [1.807, 2.05) is 41.5 Å². The van der Waals surface area contributed by atoms with Crippen LogP contribution in [0.15, 0.2) is 16.9 Å². The molecule has 1 aromatic carbocycles. The molecule has 0 spiro atoms.